The van der Waals surface area contributed by atoms with Crippen molar-refractivity contribution in [2.75, 3.05) is 13.7 Å². The second-order valence-corrected chi connectivity index (χ2v) is 8.44. The Morgan fingerprint density at radius 1 is 1.09 bits per heavy atom. The number of aromatic nitrogens is 2. The van der Waals surface area contributed by atoms with E-state index in [4.69, 9.17) is 14.6 Å². The Bertz CT molecular complexity index is 1010. The fraction of sp³-hybridized carbons (Fsp3) is 0.370. The van der Waals surface area contributed by atoms with E-state index in [0.29, 0.717) is 31.1 Å². The summed E-state index contributed by atoms with van der Waals surface area (Å²) in [5.74, 6) is 2.17. The number of aryl methyl sites for hydroxylation is 1. The van der Waals surface area contributed by atoms with Gasteiger partial charge in [0.05, 0.1) is 18.8 Å². The Labute approximate surface area is 197 Å². The van der Waals surface area contributed by atoms with E-state index in [1.54, 1.807) is 11.8 Å². The normalized spacial score (nSPS) is 12.2. The molecule has 0 saturated heterocycles. The SMILES string of the molecule is C=CCCC(O)CN(Cc1c(-c2ccccc2)nn(C)c1Oc1ccc(OC)cc1)C(C)C. The van der Waals surface area contributed by atoms with Gasteiger partial charge in [0.15, 0.2) is 0 Å². The summed E-state index contributed by atoms with van der Waals surface area (Å²) in [5.41, 5.74) is 2.90. The lowest BCUT2D eigenvalue weighted by Gasteiger charge is -2.29. The molecule has 0 aliphatic rings. The summed E-state index contributed by atoms with van der Waals surface area (Å²) in [6.07, 6.45) is 2.91. The molecule has 3 aromatic rings. The molecule has 0 aliphatic heterocycles. The van der Waals surface area contributed by atoms with Crippen molar-refractivity contribution in [3.63, 3.8) is 0 Å². The highest BCUT2D eigenvalue weighted by molar-refractivity contribution is 5.65. The summed E-state index contributed by atoms with van der Waals surface area (Å²) < 4.78 is 13.4. The van der Waals surface area contributed by atoms with Crippen LogP contribution in [0.4, 0.5) is 0 Å². The number of aliphatic hydroxyl groups is 1. The van der Waals surface area contributed by atoms with Gasteiger partial charge in [-0.25, -0.2) is 4.68 Å². The van der Waals surface area contributed by atoms with Crippen molar-refractivity contribution in [3.05, 3.63) is 72.8 Å². The zero-order chi connectivity index (χ0) is 23.8. The van der Waals surface area contributed by atoms with Crippen molar-refractivity contribution in [1.29, 1.82) is 0 Å². The topological polar surface area (TPSA) is 59.8 Å². The molecule has 0 radical (unpaired) electrons. The minimum absolute atomic E-state index is 0.237. The van der Waals surface area contributed by atoms with E-state index in [1.165, 1.54) is 0 Å². The number of ether oxygens (including phenoxy) is 2. The Morgan fingerprint density at radius 2 is 1.76 bits per heavy atom. The second-order valence-electron chi connectivity index (χ2n) is 8.44. The third-order valence-electron chi connectivity index (χ3n) is 5.65. The van der Waals surface area contributed by atoms with Crippen LogP contribution in [0.15, 0.2) is 67.3 Å². The van der Waals surface area contributed by atoms with Crippen LogP contribution in [0.2, 0.25) is 0 Å². The van der Waals surface area contributed by atoms with Gasteiger partial charge >= 0.3 is 0 Å². The molecule has 0 amide bonds. The largest absolute Gasteiger partial charge is 0.497 e. The number of aliphatic hydroxyl groups excluding tert-OH is 1. The average Bonchev–Trinajstić information content (AvgIpc) is 3.13. The maximum absolute atomic E-state index is 10.6. The molecule has 1 N–H and O–H groups in total. The van der Waals surface area contributed by atoms with Crippen LogP contribution < -0.4 is 9.47 Å². The number of benzene rings is 2. The number of methoxy groups -OCH3 is 1. The van der Waals surface area contributed by atoms with E-state index in [1.807, 2.05) is 55.6 Å². The first kappa shape index (κ1) is 24.6. The van der Waals surface area contributed by atoms with Crippen molar-refractivity contribution in [2.24, 2.45) is 7.05 Å². The van der Waals surface area contributed by atoms with Crippen molar-refractivity contribution >= 4 is 0 Å². The van der Waals surface area contributed by atoms with Crippen LogP contribution >= 0.6 is 0 Å². The Morgan fingerprint density at radius 3 is 2.36 bits per heavy atom. The molecule has 0 spiro atoms. The molecule has 6 nitrogen and oxygen atoms in total. The van der Waals surface area contributed by atoms with E-state index in [0.717, 1.165) is 29.0 Å². The smallest absolute Gasteiger partial charge is 0.222 e. The first-order valence-electron chi connectivity index (χ1n) is 11.4. The van der Waals surface area contributed by atoms with E-state index in [2.05, 4.69) is 37.5 Å². The van der Waals surface area contributed by atoms with Gasteiger partial charge in [-0.15, -0.1) is 6.58 Å². The number of rotatable bonds is 12. The van der Waals surface area contributed by atoms with Gasteiger partial charge in [-0.05, 0) is 51.0 Å². The Balaban J connectivity index is 1.97. The summed E-state index contributed by atoms with van der Waals surface area (Å²) in [4.78, 5) is 2.26. The highest BCUT2D eigenvalue weighted by Crippen LogP contribution is 2.35. The van der Waals surface area contributed by atoms with Gasteiger partial charge in [0.25, 0.3) is 0 Å². The van der Waals surface area contributed by atoms with Crippen LogP contribution in [0.3, 0.4) is 0 Å². The molecule has 1 unspecified atom stereocenters. The molecule has 176 valence electrons. The fourth-order valence-electron chi connectivity index (χ4n) is 3.74. The quantitative estimate of drug-likeness (QED) is 0.374. The molecule has 2 aromatic carbocycles. The van der Waals surface area contributed by atoms with Crippen molar-refractivity contribution in [3.8, 4) is 28.6 Å². The number of allylic oxidation sites excluding steroid dienone is 1. The van der Waals surface area contributed by atoms with Crippen LogP contribution in [-0.2, 0) is 13.6 Å². The van der Waals surface area contributed by atoms with E-state index in [-0.39, 0.29) is 6.04 Å². The van der Waals surface area contributed by atoms with Gasteiger partial charge in [0.2, 0.25) is 5.88 Å². The second kappa shape index (κ2) is 11.7. The highest BCUT2D eigenvalue weighted by atomic mass is 16.5. The minimum Gasteiger partial charge on any atom is -0.497 e. The summed E-state index contributed by atoms with van der Waals surface area (Å²) in [7, 11) is 3.54. The fourth-order valence-corrected chi connectivity index (χ4v) is 3.74. The third kappa shape index (κ3) is 6.46. The lowest BCUT2D eigenvalue weighted by molar-refractivity contribution is 0.0851. The minimum atomic E-state index is -0.423. The van der Waals surface area contributed by atoms with E-state index >= 15 is 0 Å². The maximum atomic E-state index is 10.6. The van der Waals surface area contributed by atoms with Gasteiger partial charge in [-0.1, -0.05) is 36.4 Å². The standard InChI is InChI=1S/C27H35N3O3/c1-6-7-13-22(31)18-30(20(2)3)19-25-26(21-11-9-8-10-12-21)28-29(4)27(25)33-24-16-14-23(32-5)15-17-24/h6,8-12,14-17,20,22,31H,1,7,13,18-19H2,2-5H3. The monoisotopic (exact) mass is 449 g/mol. The first-order valence-corrected chi connectivity index (χ1v) is 11.4. The van der Waals surface area contributed by atoms with Gasteiger partial charge in [-0.2, -0.15) is 5.10 Å². The predicted octanol–water partition coefficient (Wildman–Crippen LogP) is 5.43. The van der Waals surface area contributed by atoms with Crippen molar-refractivity contribution in [2.45, 2.75) is 45.4 Å². The van der Waals surface area contributed by atoms with Crippen molar-refractivity contribution < 1.29 is 14.6 Å². The molecule has 0 fully saturated rings. The Hall–Kier alpha value is -3.09. The zero-order valence-corrected chi connectivity index (χ0v) is 20.1. The van der Waals surface area contributed by atoms with E-state index in [9.17, 15) is 5.11 Å². The summed E-state index contributed by atoms with van der Waals surface area (Å²) in [6, 6.07) is 17.9. The molecule has 33 heavy (non-hydrogen) atoms. The van der Waals surface area contributed by atoms with Crippen LogP contribution in [0.25, 0.3) is 11.3 Å². The molecule has 0 aliphatic carbocycles. The molecule has 0 bridgehead atoms. The molecule has 1 aromatic heterocycles. The first-order chi connectivity index (χ1) is 15.9. The van der Waals surface area contributed by atoms with Gasteiger partial charge in [-0.3, -0.25) is 4.90 Å². The van der Waals surface area contributed by atoms with Gasteiger partial charge in [0, 0.05) is 31.7 Å². The van der Waals surface area contributed by atoms with Crippen molar-refractivity contribution in [1.82, 2.24) is 14.7 Å². The lowest BCUT2D eigenvalue weighted by Crippen LogP contribution is -2.37. The molecular formula is C27H35N3O3. The molecule has 3 rings (SSSR count). The molecule has 1 heterocycles. The maximum Gasteiger partial charge on any atom is 0.222 e. The molecular weight excluding hydrogens is 414 g/mol. The van der Waals surface area contributed by atoms with Crippen LogP contribution in [-0.4, -0.2) is 45.6 Å². The van der Waals surface area contributed by atoms with Gasteiger partial charge < -0.3 is 14.6 Å². The summed E-state index contributed by atoms with van der Waals surface area (Å²) >= 11 is 0. The summed E-state index contributed by atoms with van der Waals surface area (Å²) in [5, 5.41) is 15.4. The van der Waals surface area contributed by atoms with Gasteiger partial charge in [0.1, 0.15) is 17.2 Å². The molecule has 6 heteroatoms. The number of hydrogen-bond acceptors (Lipinski definition) is 5. The van der Waals surface area contributed by atoms with Crippen LogP contribution in [0.5, 0.6) is 17.4 Å². The van der Waals surface area contributed by atoms with E-state index < -0.39 is 6.10 Å². The third-order valence-corrected chi connectivity index (χ3v) is 5.65. The predicted molar refractivity (Wildman–Crippen MR) is 133 cm³/mol. The zero-order valence-electron chi connectivity index (χ0n) is 20.1. The average molecular weight is 450 g/mol. The highest BCUT2D eigenvalue weighted by Gasteiger charge is 2.24. The lowest BCUT2D eigenvalue weighted by atomic mass is 10.1. The van der Waals surface area contributed by atoms with Crippen LogP contribution in [0.1, 0.15) is 32.3 Å². The number of nitrogens with zero attached hydrogens (tertiary/aromatic N) is 3. The molecule has 1 atom stereocenters. The number of hydrogen-bond donors (Lipinski definition) is 1. The van der Waals surface area contributed by atoms with Crippen LogP contribution in [0, 0.1) is 0 Å². The molecule has 0 saturated carbocycles. The Kier molecular flexibility index (Phi) is 8.69. The summed E-state index contributed by atoms with van der Waals surface area (Å²) in [6.45, 7) is 9.22.